The maximum atomic E-state index is 12.2. The van der Waals surface area contributed by atoms with Gasteiger partial charge in [0.05, 0.1) is 5.56 Å². The number of ether oxygens (including phenoxy) is 1. The predicted octanol–water partition coefficient (Wildman–Crippen LogP) is 2.92. The molecule has 26 heavy (non-hydrogen) atoms. The van der Waals surface area contributed by atoms with Crippen molar-refractivity contribution in [2.75, 3.05) is 23.4 Å². The van der Waals surface area contributed by atoms with Crippen LogP contribution in [0.3, 0.4) is 0 Å². The Balaban J connectivity index is 1.59. The van der Waals surface area contributed by atoms with Crippen molar-refractivity contribution in [2.24, 2.45) is 0 Å². The number of nitrogens with zero attached hydrogens (tertiary/aromatic N) is 1. The molecule has 2 amide bonds. The Morgan fingerprint density at radius 1 is 1.15 bits per heavy atom. The first-order valence-corrected chi connectivity index (χ1v) is 8.47. The maximum absolute atomic E-state index is 12.2. The number of benzene rings is 2. The van der Waals surface area contributed by atoms with Gasteiger partial charge in [-0.3, -0.25) is 9.59 Å². The molecule has 1 aliphatic heterocycles. The molecule has 1 saturated heterocycles. The van der Waals surface area contributed by atoms with Crippen LogP contribution in [0.1, 0.15) is 28.8 Å². The van der Waals surface area contributed by atoms with Crippen molar-refractivity contribution in [1.29, 1.82) is 0 Å². The standard InChI is InChI=1S/C20H20N2O4/c1-14-6-2-3-9-17(14)21-18(23)13-26-20(25)15-7-4-8-16(12-15)22-11-5-10-19(22)24/h2-4,6-9,12H,5,10-11,13H2,1H3,(H,21,23). The molecule has 0 unspecified atom stereocenters. The largest absolute Gasteiger partial charge is 0.452 e. The molecule has 6 heteroatoms. The fourth-order valence-electron chi connectivity index (χ4n) is 2.84. The number of para-hydroxylation sites is 1. The molecule has 0 saturated carbocycles. The summed E-state index contributed by atoms with van der Waals surface area (Å²) < 4.78 is 5.09. The van der Waals surface area contributed by atoms with Gasteiger partial charge in [-0.15, -0.1) is 0 Å². The molecule has 0 atom stereocenters. The zero-order valence-corrected chi connectivity index (χ0v) is 14.5. The number of carbonyl (C=O) groups is 3. The fourth-order valence-corrected chi connectivity index (χ4v) is 2.84. The first kappa shape index (κ1) is 17.7. The van der Waals surface area contributed by atoms with E-state index in [4.69, 9.17) is 4.74 Å². The molecule has 1 heterocycles. The summed E-state index contributed by atoms with van der Waals surface area (Å²) in [5, 5.41) is 2.71. The van der Waals surface area contributed by atoms with Crippen molar-refractivity contribution < 1.29 is 19.1 Å². The Morgan fingerprint density at radius 3 is 2.69 bits per heavy atom. The Kier molecular flexibility index (Phi) is 5.31. The minimum Gasteiger partial charge on any atom is -0.452 e. The lowest BCUT2D eigenvalue weighted by molar-refractivity contribution is -0.119. The number of amides is 2. The SMILES string of the molecule is Cc1ccccc1NC(=O)COC(=O)c1cccc(N2CCCC2=O)c1. The van der Waals surface area contributed by atoms with Crippen LogP contribution in [0.4, 0.5) is 11.4 Å². The molecular formula is C20H20N2O4. The van der Waals surface area contributed by atoms with Gasteiger partial charge < -0.3 is 15.0 Å². The molecule has 0 aromatic heterocycles. The van der Waals surface area contributed by atoms with Gasteiger partial charge in [-0.2, -0.15) is 0 Å². The smallest absolute Gasteiger partial charge is 0.338 e. The number of carbonyl (C=O) groups excluding carboxylic acids is 3. The van der Waals surface area contributed by atoms with E-state index in [1.165, 1.54) is 0 Å². The van der Waals surface area contributed by atoms with E-state index in [0.29, 0.717) is 29.9 Å². The third-order valence-corrected chi connectivity index (χ3v) is 4.22. The predicted molar refractivity (Wildman–Crippen MR) is 98.1 cm³/mol. The molecular weight excluding hydrogens is 332 g/mol. The first-order chi connectivity index (χ1) is 12.5. The molecule has 1 aliphatic rings. The molecule has 0 radical (unpaired) electrons. The van der Waals surface area contributed by atoms with E-state index in [9.17, 15) is 14.4 Å². The van der Waals surface area contributed by atoms with Crippen LogP contribution in [-0.4, -0.2) is 30.9 Å². The molecule has 2 aromatic carbocycles. The average Bonchev–Trinajstić information content (AvgIpc) is 3.08. The molecule has 2 aromatic rings. The van der Waals surface area contributed by atoms with Crippen molar-refractivity contribution >= 4 is 29.2 Å². The zero-order chi connectivity index (χ0) is 18.5. The lowest BCUT2D eigenvalue weighted by Gasteiger charge is -2.16. The van der Waals surface area contributed by atoms with Gasteiger partial charge >= 0.3 is 5.97 Å². The second-order valence-corrected chi connectivity index (χ2v) is 6.14. The summed E-state index contributed by atoms with van der Waals surface area (Å²) in [6, 6.07) is 14.1. The minimum atomic E-state index is -0.599. The third-order valence-electron chi connectivity index (χ3n) is 4.22. The monoisotopic (exact) mass is 352 g/mol. The van der Waals surface area contributed by atoms with E-state index in [1.807, 2.05) is 25.1 Å². The zero-order valence-electron chi connectivity index (χ0n) is 14.5. The topological polar surface area (TPSA) is 75.7 Å². The number of anilines is 2. The van der Waals surface area contributed by atoms with Crippen LogP contribution in [0.15, 0.2) is 48.5 Å². The van der Waals surface area contributed by atoms with Gasteiger partial charge in [0, 0.05) is 24.3 Å². The number of hydrogen-bond donors (Lipinski definition) is 1. The minimum absolute atomic E-state index is 0.0492. The number of hydrogen-bond acceptors (Lipinski definition) is 4. The van der Waals surface area contributed by atoms with Gasteiger partial charge in [-0.05, 0) is 43.2 Å². The Bertz CT molecular complexity index is 847. The molecule has 6 nitrogen and oxygen atoms in total. The van der Waals surface area contributed by atoms with Gasteiger partial charge in [-0.25, -0.2) is 4.79 Å². The van der Waals surface area contributed by atoms with Crippen LogP contribution < -0.4 is 10.2 Å². The van der Waals surface area contributed by atoms with Crippen LogP contribution >= 0.6 is 0 Å². The average molecular weight is 352 g/mol. The lowest BCUT2D eigenvalue weighted by Crippen LogP contribution is -2.24. The Labute approximate surface area is 151 Å². The molecule has 1 fully saturated rings. The summed E-state index contributed by atoms with van der Waals surface area (Å²) in [6.07, 6.45) is 1.33. The molecule has 134 valence electrons. The molecule has 3 rings (SSSR count). The lowest BCUT2D eigenvalue weighted by atomic mass is 10.2. The van der Waals surface area contributed by atoms with Crippen molar-refractivity contribution in [3.8, 4) is 0 Å². The summed E-state index contributed by atoms with van der Waals surface area (Å²) in [7, 11) is 0. The van der Waals surface area contributed by atoms with Crippen LogP contribution in [0.2, 0.25) is 0 Å². The Morgan fingerprint density at radius 2 is 1.96 bits per heavy atom. The van der Waals surface area contributed by atoms with Gasteiger partial charge in [-0.1, -0.05) is 24.3 Å². The summed E-state index contributed by atoms with van der Waals surface area (Å²) in [5.41, 5.74) is 2.59. The van der Waals surface area contributed by atoms with E-state index in [0.717, 1.165) is 12.0 Å². The van der Waals surface area contributed by atoms with E-state index in [1.54, 1.807) is 35.2 Å². The first-order valence-electron chi connectivity index (χ1n) is 8.47. The van der Waals surface area contributed by atoms with Crippen molar-refractivity contribution in [1.82, 2.24) is 0 Å². The maximum Gasteiger partial charge on any atom is 0.338 e. The molecule has 1 N–H and O–H groups in total. The molecule has 0 aliphatic carbocycles. The molecule has 0 bridgehead atoms. The van der Waals surface area contributed by atoms with E-state index >= 15 is 0 Å². The number of aryl methyl sites for hydroxylation is 1. The highest BCUT2D eigenvalue weighted by atomic mass is 16.5. The normalized spacial score (nSPS) is 13.6. The fraction of sp³-hybridized carbons (Fsp3) is 0.250. The van der Waals surface area contributed by atoms with Crippen LogP contribution in [-0.2, 0) is 14.3 Å². The number of esters is 1. The summed E-state index contributed by atoms with van der Waals surface area (Å²) in [4.78, 5) is 37.7. The van der Waals surface area contributed by atoms with Crippen molar-refractivity contribution in [3.05, 3.63) is 59.7 Å². The molecule has 0 spiro atoms. The van der Waals surface area contributed by atoms with E-state index < -0.39 is 11.9 Å². The van der Waals surface area contributed by atoms with Gasteiger partial charge in [0.25, 0.3) is 5.91 Å². The summed E-state index contributed by atoms with van der Waals surface area (Å²) in [5.74, 6) is -0.954. The second-order valence-electron chi connectivity index (χ2n) is 6.14. The second kappa shape index (κ2) is 7.82. The highest BCUT2D eigenvalue weighted by Gasteiger charge is 2.22. The van der Waals surface area contributed by atoms with Crippen LogP contribution in [0.5, 0.6) is 0 Å². The highest BCUT2D eigenvalue weighted by molar-refractivity contribution is 5.98. The van der Waals surface area contributed by atoms with E-state index in [2.05, 4.69) is 5.32 Å². The van der Waals surface area contributed by atoms with Crippen molar-refractivity contribution in [2.45, 2.75) is 19.8 Å². The highest BCUT2D eigenvalue weighted by Crippen LogP contribution is 2.22. The number of rotatable bonds is 5. The van der Waals surface area contributed by atoms with Gasteiger partial charge in [0.15, 0.2) is 6.61 Å². The van der Waals surface area contributed by atoms with Crippen LogP contribution in [0.25, 0.3) is 0 Å². The summed E-state index contributed by atoms with van der Waals surface area (Å²) >= 11 is 0. The van der Waals surface area contributed by atoms with Crippen LogP contribution in [0, 0.1) is 6.92 Å². The quantitative estimate of drug-likeness (QED) is 0.840. The van der Waals surface area contributed by atoms with Gasteiger partial charge in [0.2, 0.25) is 5.91 Å². The number of nitrogens with one attached hydrogen (secondary N) is 1. The van der Waals surface area contributed by atoms with Crippen molar-refractivity contribution in [3.63, 3.8) is 0 Å². The third kappa shape index (κ3) is 4.08. The van der Waals surface area contributed by atoms with Gasteiger partial charge in [0.1, 0.15) is 0 Å². The Hall–Kier alpha value is -3.15. The summed E-state index contributed by atoms with van der Waals surface area (Å²) in [6.45, 7) is 2.16. The van der Waals surface area contributed by atoms with E-state index in [-0.39, 0.29) is 12.5 Å².